The lowest BCUT2D eigenvalue weighted by Gasteiger charge is -2.38. The van der Waals surface area contributed by atoms with Gasteiger partial charge in [-0.2, -0.15) is 0 Å². The number of hydrogen-bond acceptors (Lipinski definition) is 5. The Morgan fingerprint density at radius 3 is 2.75 bits per heavy atom. The van der Waals surface area contributed by atoms with E-state index in [0.29, 0.717) is 16.7 Å². The van der Waals surface area contributed by atoms with Gasteiger partial charge in [0.2, 0.25) is 10.0 Å². The van der Waals surface area contributed by atoms with E-state index in [1.165, 1.54) is 11.3 Å². The number of fused-ring (bicyclic) bond motifs is 1. The van der Waals surface area contributed by atoms with Crippen LogP contribution in [0.4, 0.5) is 0 Å². The topological polar surface area (TPSA) is 91.8 Å². The zero-order chi connectivity index (χ0) is 20.2. The minimum absolute atomic E-state index is 0.0500. The van der Waals surface area contributed by atoms with Crippen molar-refractivity contribution in [1.29, 1.82) is 0 Å². The molecule has 0 saturated carbocycles. The van der Waals surface area contributed by atoms with E-state index in [2.05, 4.69) is 34.2 Å². The SMILES string of the molecule is CN=C(NCCNS(=O)(=O)c1cccs1)NC1CC(C)(C)Oc2ccccc21. The van der Waals surface area contributed by atoms with Crippen LogP contribution in [0.2, 0.25) is 0 Å². The molecule has 2 heterocycles. The Morgan fingerprint density at radius 2 is 2.04 bits per heavy atom. The summed E-state index contributed by atoms with van der Waals surface area (Å²) in [5.41, 5.74) is 0.796. The molecule has 1 aliphatic heterocycles. The standard InChI is InChI=1S/C19H26N4O3S2/c1-19(2)13-15(14-7-4-5-8-16(14)26-19)23-18(20-3)21-10-11-22-28(24,25)17-9-6-12-27-17/h4-9,12,15,22H,10-11,13H2,1-3H3,(H2,20,21,23). The molecule has 0 aliphatic carbocycles. The highest BCUT2D eigenvalue weighted by molar-refractivity contribution is 7.91. The van der Waals surface area contributed by atoms with Crippen molar-refractivity contribution < 1.29 is 13.2 Å². The molecule has 1 aromatic carbocycles. The average molecular weight is 423 g/mol. The largest absolute Gasteiger partial charge is 0.487 e. The fourth-order valence-electron chi connectivity index (χ4n) is 3.14. The highest BCUT2D eigenvalue weighted by Crippen LogP contribution is 2.39. The molecule has 1 aliphatic rings. The first-order valence-corrected chi connectivity index (χ1v) is 11.5. The van der Waals surface area contributed by atoms with Gasteiger partial charge in [0.05, 0.1) is 6.04 Å². The molecule has 2 aromatic rings. The first-order valence-electron chi connectivity index (χ1n) is 9.09. The second-order valence-electron chi connectivity index (χ2n) is 7.13. The maximum atomic E-state index is 12.1. The molecule has 0 radical (unpaired) electrons. The molecule has 3 N–H and O–H groups in total. The number of rotatable bonds is 6. The summed E-state index contributed by atoms with van der Waals surface area (Å²) in [6.07, 6.45) is 0.787. The molecule has 1 aromatic heterocycles. The molecule has 1 unspecified atom stereocenters. The van der Waals surface area contributed by atoms with Crippen LogP contribution in [-0.4, -0.2) is 40.1 Å². The number of nitrogens with zero attached hydrogens (tertiary/aromatic N) is 1. The highest BCUT2D eigenvalue weighted by atomic mass is 32.2. The Bertz CT molecular complexity index is 924. The normalized spacial score (nSPS) is 18.8. The minimum Gasteiger partial charge on any atom is -0.487 e. The smallest absolute Gasteiger partial charge is 0.250 e. The molecule has 28 heavy (non-hydrogen) atoms. The van der Waals surface area contributed by atoms with Crippen LogP contribution in [-0.2, 0) is 10.0 Å². The fraction of sp³-hybridized carbons (Fsp3) is 0.421. The lowest BCUT2D eigenvalue weighted by molar-refractivity contribution is 0.0694. The van der Waals surface area contributed by atoms with Crippen LogP contribution < -0.4 is 20.1 Å². The number of sulfonamides is 1. The predicted octanol–water partition coefficient (Wildman–Crippen LogP) is 2.49. The van der Waals surface area contributed by atoms with Gasteiger partial charge in [0.15, 0.2) is 5.96 Å². The molecule has 7 nitrogen and oxygen atoms in total. The first kappa shape index (κ1) is 20.6. The van der Waals surface area contributed by atoms with Gasteiger partial charge in [-0.1, -0.05) is 24.3 Å². The maximum Gasteiger partial charge on any atom is 0.250 e. The maximum absolute atomic E-state index is 12.1. The number of nitrogens with one attached hydrogen (secondary N) is 3. The fourth-order valence-corrected chi connectivity index (χ4v) is 5.21. The third-order valence-electron chi connectivity index (χ3n) is 4.38. The lowest BCUT2D eigenvalue weighted by Crippen LogP contribution is -2.46. The zero-order valence-electron chi connectivity index (χ0n) is 16.2. The van der Waals surface area contributed by atoms with Crippen LogP contribution in [0.1, 0.15) is 31.9 Å². The number of benzene rings is 1. The van der Waals surface area contributed by atoms with Gasteiger partial charge in [-0.05, 0) is 31.4 Å². The number of aliphatic imine (C=N–C) groups is 1. The van der Waals surface area contributed by atoms with Crippen LogP contribution in [0, 0.1) is 0 Å². The molecule has 0 fully saturated rings. The second kappa shape index (κ2) is 8.50. The molecule has 0 bridgehead atoms. The summed E-state index contributed by atoms with van der Waals surface area (Å²) < 4.78 is 33.3. The zero-order valence-corrected chi connectivity index (χ0v) is 17.9. The monoisotopic (exact) mass is 422 g/mol. The Hall–Kier alpha value is -2.10. The van der Waals surface area contributed by atoms with Gasteiger partial charge in [-0.25, -0.2) is 13.1 Å². The summed E-state index contributed by atoms with van der Waals surface area (Å²) >= 11 is 1.20. The van der Waals surface area contributed by atoms with Crippen molar-refractivity contribution >= 4 is 27.3 Å². The van der Waals surface area contributed by atoms with Gasteiger partial charge in [-0.15, -0.1) is 11.3 Å². The summed E-state index contributed by atoms with van der Waals surface area (Å²) in [7, 11) is -1.76. The second-order valence-corrected chi connectivity index (χ2v) is 10.1. The minimum atomic E-state index is -3.45. The summed E-state index contributed by atoms with van der Waals surface area (Å²) in [5, 5.41) is 8.34. The van der Waals surface area contributed by atoms with E-state index >= 15 is 0 Å². The third kappa shape index (κ3) is 5.03. The quantitative estimate of drug-likeness (QED) is 0.378. The van der Waals surface area contributed by atoms with E-state index in [-0.39, 0.29) is 18.2 Å². The number of ether oxygens (including phenoxy) is 1. The van der Waals surface area contributed by atoms with Crippen LogP contribution >= 0.6 is 11.3 Å². The van der Waals surface area contributed by atoms with Gasteiger partial charge in [0.1, 0.15) is 15.6 Å². The van der Waals surface area contributed by atoms with Gasteiger partial charge in [0.25, 0.3) is 0 Å². The Balaban J connectivity index is 1.56. The van der Waals surface area contributed by atoms with Crippen molar-refractivity contribution in [2.45, 2.75) is 36.1 Å². The summed E-state index contributed by atoms with van der Waals surface area (Å²) in [5.74, 6) is 1.49. The molecule has 9 heteroatoms. The van der Waals surface area contributed by atoms with E-state index in [0.717, 1.165) is 17.7 Å². The van der Waals surface area contributed by atoms with Crippen LogP contribution in [0.3, 0.4) is 0 Å². The summed E-state index contributed by atoms with van der Waals surface area (Å²) in [6.45, 7) is 4.80. The first-order chi connectivity index (χ1) is 13.3. The molecule has 152 valence electrons. The van der Waals surface area contributed by atoms with Crippen molar-refractivity contribution in [3.05, 3.63) is 47.3 Å². The molecule has 0 saturated heterocycles. The molecular weight excluding hydrogens is 396 g/mol. The third-order valence-corrected chi connectivity index (χ3v) is 7.24. The van der Waals surface area contributed by atoms with E-state index in [4.69, 9.17) is 4.74 Å². The van der Waals surface area contributed by atoms with Crippen LogP contribution in [0.5, 0.6) is 5.75 Å². The van der Waals surface area contributed by atoms with Crippen molar-refractivity contribution in [3.8, 4) is 5.75 Å². The number of hydrogen-bond donors (Lipinski definition) is 3. The molecule has 1 atom stereocenters. The molecule has 0 spiro atoms. The number of thiophene rings is 1. The van der Waals surface area contributed by atoms with Gasteiger partial charge >= 0.3 is 0 Å². The highest BCUT2D eigenvalue weighted by Gasteiger charge is 2.33. The van der Waals surface area contributed by atoms with Gasteiger partial charge < -0.3 is 15.4 Å². The van der Waals surface area contributed by atoms with Crippen LogP contribution in [0.15, 0.2) is 51.0 Å². The van der Waals surface area contributed by atoms with Gasteiger partial charge in [-0.3, -0.25) is 4.99 Å². The Labute approximate surface area is 170 Å². The van der Waals surface area contributed by atoms with Crippen LogP contribution in [0.25, 0.3) is 0 Å². The predicted molar refractivity (Wildman–Crippen MR) is 113 cm³/mol. The van der Waals surface area contributed by atoms with Crippen molar-refractivity contribution in [2.24, 2.45) is 4.99 Å². The Morgan fingerprint density at radius 1 is 1.25 bits per heavy atom. The summed E-state index contributed by atoms with van der Waals surface area (Å²) in [4.78, 5) is 4.27. The van der Waals surface area contributed by atoms with Gasteiger partial charge in [0, 0.05) is 32.1 Å². The van der Waals surface area contributed by atoms with E-state index < -0.39 is 10.0 Å². The molecule has 0 amide bonds. The van der Waals surface area contributed by atoms with Crippen molar-refractivity contribution in [1.82, 2.24) is 15.4 Å². The molecule has 3 rings (SSSR count). The average Bonchev–Trinajstić information content (AvgIpc) is 3.19. The van der Waals surface area contributed by atoms with Crippen molar-refractivity contribution in [2.75, 3.05) is 20.1 Å². The summed E-state index contributed by atoms with van der Waals surface area (Å²) in [6, 6.07) is 11.3. The van der Waals surface area contributed by atoms with E-state index in [9.17, 15) is 8.42 Å². The van der Waals surface area contributed by atoms with Crippen molar-refractivity contribution in [3.63, 3.8) is 0 Å². The van der Waals surface area contributed by atoms with E-state index in [1.807, 2.05) is 24.3 Å². The lowest BCUT2D eigenvalue weighted by atomic mass is 9.90. The number of guanidine groups is 1. The number of para-hydroxylation sites is 1. The Kier molecular flexibility index (Phi) is 6.26. The van der Waals surface area contributed by atoms with E-state index in [1.54, 1.807) is 24.6 Å². The molecular formula is C19H26N4O3S2.